The summed E-state index contributed by atoms with van der Waals surface area (Å²) in [5.74, 6) is -0.507. The number of nitrogens with zero attached hydrogens (tertiary/aromatic N) is 2. The van der Waals surface area contributed by atoms with Crippen LogP contribution in [-0.2, 0) is 47.7 Å². The molecule has 2 amide bonds. The predicted octanol–water partition coefficient (Wildman–Crippen LogP) is 26.7. The molecule has 2 N–H and O–H groups in total. The van der Waals surface area contributed by atoms with Gasteiger partial charge < -0.3 is 39.4 Å². The van der Waals surface area contributed by atoms with Crippen molar-refractivity contribution in [3.05, 3.63) is 0 Å². The van der Waals surface area contributed by atoms with Crippen LogP contribution in [0.15, 0.2) is 0 Å². The van der Waals surface area contributed by atoms with Gasteiger partial charge in [0.1, 0.15) is 12.2 Å². The van der Waals surface area contributed by atoms with Crippen molar-refractivity contribution < 1.29 is 47.7 Å². The Labute approximate surface area is 681 Å². The molecule has 14 heteroatoms. The molecule has 0 saturated carbocycles. The van der Waals surface area contributed by atoms with E-state index < -0.39 is 10.8 Å². The molecule has 0 unspecified atom stereocenters. The molecule has 0 radical (unpaired) electrons. The highest BCUT2D eigenvalue weighted by molar-refractivity contribution is 5.83. The fourth-order valence-corrected chi connectivity index (χ4v) is 15.2. The lowest BCUT2D eigenvalue weighted by atomic mass is 9.87. The van der Waals surface area contributed by atoms with Crippen molar-refractivity contribution in [1.29, 1.82) is 0 Å². The van der Waals surface area contributed by atoms with Gasteiger partial charge in [0.25, 0.3) is 0 Å². The Hall–Kier alpha value is -3.26. The third kappa shape index (κ3) is 71.3. The van der Waals surface area contributed by atoms with E-state index in [0.29, 0.717) is 52.2 Å². The molecule has 0 fully saturated rings. The van der Waals surface area contributed by atoms with Crippen LogP contribution >= 0.6 is 0 Å². The molecule has 0 aromatic rings. The lowest BCUT2D eigenvalue weighted by molar-refractivity contribution is -0.155. The first-order valence-electron chi connectivity index (χ1n) is 48.2. The number of hydrogen-bond donors (Lipinski definition) is 2. The third-order valence-corrected chi connectivity index (χ3v) is 23.0. The van der Waals surface area contributed by atoms with Crippen LogP contribution < -0.4 is 10.6 Å². The van der Waals surface area contributed by atoms with E-state index >= 15 is 0 Å². The molecule has 0 aliphatic heterocycles. The van der Waals surface area contributed by atoms with Gasteiger partial charge in [0, 0.05) is 51.9 Å². The van der Waals surface area contributed by atoms with Crippen molar-refractivity contribution >= 4 is 35.7 Å². The molecule has 0 rings (SSSR count). The number of unbranched alkanes of at least 4 members (excludes halogenated alkanes) is 46. The highest BCUT2D eigenvalue weighted by Crippen LogP contribution is 2.28. The lowest BCUT2D eigenvalue weighted by Crippen LogP contribution is -2.38. The average Bonchev–Trinajstić information content (AvgIpc) is 0.894. The summed E-state index contributed by atoms with van der Waals surface area (Å²) in [4.78, 5) is 84.4. The summed E-state index contributed by atoms with van der Waals surface area (Å²) in [7, 11) is 0. The van der Waals surface area contributed by atoms with Crippen LogP contribution in [0.3, 0.4) is 0 Å². The molecule has 110 heavy (non-hydrogen) atoms. The minimum absolute atomic E-state index is 0.0286. The van der Waals surface area contributed by atoms with E-state index in [1.807, 2.05) is 27.7 Å². The smallest absolute Gasteiger partial charge is 0.311 e. The zero-order valence-electron chi connectivity index (χ0n) is 74.9. The van der Waals surface area contributed by atoms with Crippen molar-refractivity contribution in [2.75, 3.05) is 65.6 Å². The molecule has 0 heterocycles. The van der Waals surface area contributed by atoms with E-state index in [4.69, 9.17) is 18.9 Å². The van der Waals surface area contributed by atoms with E-state index in [1.54, 1.807) is 0 Å². The van der Waals surface area contributed by atoms with Gasteiger partial charge in [0.2, 0.25) is 11.8 Å². The molecular formula is C96H186N4O10. The number of rotatable bonds is 87. The zero-order valence-corrected chi connectivity index (χ0v) is 74.9. The minimum atomic E-state index is -0.549. The van der Waals surface area contributed by atoms with Gasteiger partial charge in [0.05, 0.1) is 24.0 Å². The first-order chi connectivity index (χ1) is 53.5. The van der Waals surface area contributed by atoms with Gasteiger partial charge in [-0.1, -0.05) is 324 Å². The van der Waals surface area contributed by atoms with Crippen LogP contribution in [0.2, 0.25) is 0 Å². The summed E-state index contributed by atoms with van der Waals surface area (Å²) >= 11 is 0. The van der Waals surface area contributed by atoms with Gasteiger partial charge in [-0.05, 0) is 169 Å². The summed E-state index contributed by atoms with van der Waals surface area (Å²) in [5.41, 5.74) is -1.10. The van der Waals surface area contributed by atoms with E-state index in [1.165, 1.54) is 218 Å². The summed E-state index contributed by atoms with van der Waals surface area (Å²) in [6.07, 6.45) is 72.6. The molecule has 0 aliphatic rings. The fraction of sp³-hybridized carbons (Fsp3) is 0.938. The second-order valence-corrected chi connectivity index (χ2v) is 35.0. The van der Waals surface area contributed by atoms with Crippen molar-refractivity contribution in [1.82, 2.24) is 20.4 Å². The van der Waals surface area contributed by atoms with Crippen molar-refractivity contribution in [3.63, 3.8) is 0 Å². The average molecular weight is 1560 g/mol. The Balaban J connectivity index is 5.62. The molecule has 14 nitrogen and oxygen atoms in total. The van der Waals surface area contributed by atoms with Crippen LogP contribution in [0.1, 0.15) is 493 Å². The van der Waals surface area contributed by atoms with Crippen LogP contribution in [0.4, 0.5) is 0 Å². The first-order valence-corrected chi connectivity index (χ1v) is 48.2. The predicted molar refractivity (Wildman–Crippen MR) is 467 cm³/mol. The van der Waals surface area contributed by atoms with Crippen LogP contribution in [0.5, 0.6) is 0 Å². The molecule has 0 saturated heterocycles. The molecule has 650 valence electrons. The summed E-state index contributed by atoms with van der Waals surface area (Å²) in [6, 6.07) is 0. The maximum atomic E-state index is 13.4. The highest BCUT2D eigenvalue weighted by atomic mass is 16.6. The van der Waals surface area contributed by atoms with E-state index in [9.17, 15) is 28.8 Å². The quantitative estimate of drug-likeness (QED) is 0.0336. The summed E-state index contributed by atoms with van der Waals surface area (Å²) < 4.78 is 23.9. The van der Waals surface area contributed by atoms with Gasteiger partial charge in [-0.3, -0.25) is 28.8 Å². The largest absolute Gasteiger partial charge is 0.465 e. The van der Waals surface area contributed by atoms with Crippen LogP contribution in [-0.4, -0.2) is 123 Å². The summed E-state index contributed by atoms with van der Waals surface area (Å²) in [6.45, 7) is 28.6. The molecule has 0 aliphatic carbocycles. The third-order valence-electron chi connectivity index (χ3n) is 23.0. The van der Waals surface area contributed by atoms with E-state index in [2.05, 4.69) is 62.0 Å². The van der Waals surface area contributed by atoms with Gasteiger partial charge >= 0.3 is 23.9 Å². The zero-order chi connectivity index (χ0) is 80.8. The van der Waals surface area contributed by atoms with Crippen molar-refractivity contribution in [2.24, 2.45) is 10.8 Å². The number of nitrogens with one attached hydrogen (secondary N) is 2. The first kappa shape index (κ1) is 107. The fourth-order valence-electron chi connectivity index (χ4n) is 15.2. The number of ether oxygens (including phenoxy) is 4. The van der Waals surface area contributed by atoms with Gasteiger partial charge in [-0.15, -0.1) is 0 Å². The normalized spacial score (nSPS) is 11.9. The lowest BCUT2D eigenvalue weighted by Gasteiger charge is -2.25. The Morgan fingerprint density at radius 3 is 0.764 bits per heavy atom. The van der Waals surface area contributed by atoms with Gasteiger partial charge in [-0.25, -0.2) is 0 Å². The second kappa shape index (κ2) is 79.6. The highest BCUT2D eigenvalue weighted by Gasteiger charge is 2.30. The standard InChI is InChI=1S/C96H186N4O10/c1-11-17-23-29-35-37-39-51-65-85-107-93(105)95(7,8)75-59-63-81-99(79-61-49-41-47-57-71-91(103)109-87(67-53-43-31-25-19-13-3)68-54-44-32-26-20-14-4)83-77-97-89(101)73-74-90(102)98-78-84-100(82-64-60-76-96(9,10)94(106)108-86-66-52-40-38-36-30-24-18-12-2)80-62-50-42-48-58-72-92(104)110-88(69-55-45-33-27-21-15-5)70-56-46-34-28-22-16-6/h87-88H,11-86H2,1-10H3,(H,97,101)(H,98,102). The van der Waals surface area contributed by atoms with E-state index in [0.717, 1.165) is 206 Å². The maximum Gasteiger partial charge on any atom is 0.311 e. The Bertz CT molecular complexity index is 1900. The molecule has 0 aromatic heterocycles. The van der Waals surface area contributed by atoms with Crippen molar-refractivity contribution in [2.45, 2.75) is 505 Å². The van der Waals surface area contributed by atoms with Gasteiger partial charge in [-0.2, -0.15) is 0 Å². The van der Waals surface area contributed by atoms with Crippen LogP contribution in [0.25, 0.3) is 0 Å². The van der Waals surface area contributed by atoms with Crippen molar-refractivity contribution in [3.8, 4) is 0 Å². The number of amides is 2. The Morgan fingerprint density at radius 1 is 0.264 bits per heavy atom. The molecule has 0 atom stereocenters. The van der Waals surface area contributed by atoms with E-state index in [-0.39, 0.29) is 60.7 Å². The maximum absolute atomic E-state index is 13.4. The minimum Gasteiger partial charge on any atom is -0.465 e. The monoisotopic (exact) mass is 1560 g/mol. The molecule has 0 aromatic carbocycles. The topological polar surface area (TPSA) is 170 Å². The molecular weight excluding hydrogens is 1370 g/mol. The number of hydrogen-bond acceptors (Lipinski definition) is 12. The number of esters is 4. The summed E-state index contributed by atoms with van der Waals surface area (Å²) in [5, 5.41) is 6.26. The Kier molecular flexibility index (Phi) is 77.2. The second-order valence-electron chi connectivity index (χ2n) is 35.0. The SMILES string of the molecule is CCCCCCCCCCCOC(=O)C(C)(C)CCCCN(CCCCCCCC(=O)OC(CCCCCCCC)CCCCCCCC)CCNC(=O)CCC(=O)NCCN(CCCCCCCC(=O)OC(CCCCCCCC)CCCCCCCC)CCCCC(C)(C)C(=O)OCCCCCCCCCCC. The van der Waals surface area contributed by atoms with Crippen LogP contribution in [0, 0.1) is 10.8 Å². The number of carbonyl (C=O) groups excluding carboxylic acids is 6. The molecule has 0 bridgehead atoms. The number of carbonyl (C=O) groups is 6. The molecule has 0 spiro atoms. The Morgan fingerprint density at radius 2 is 0.491 bits per heavy atom. The van der Waals surface area contributed by atoms with Gasteiger partial charge in [0.15, 0.2) is 0 Å².